The van der Waals surface area contributed by atoms with E-state index >= 15 is 0 Å². The van der Waals surface area contributed by atoms with Crippen LogP contribution in [0.3, 0.4) is 0 Å². The zero-order valence-electron chi connectivity index (χ0n) is 44.0. The van der Waals surface area contributed by atoms with E-state index in [0.717, 1.165) is 51.4 Å². The van der Waals surface area contributed by atoms with Crippen molar-refractivity contribution in [2.24, 2.45) is 0 Å². The summed E-state index contributed by atoms with van der Waals surface area (Å²) in [6, 6.07) is -0.853. The molecule has 0 saturated carbocycles. The van der Waals surface area contributed by atoms with Gasteiger partial charge in [0.2, 0.25) is 5.91 Å². The summed E-state index contributed by atoms with van der Waals surface area (Å²) < 4.78 is 47.9. The van der Waals surface area contributed by atoms with Gasteiger partial charge < -0.3 is 35.2 Å². The number of nitrogens with one attached hydrogen (secondary N) is 1. The molecule has 1 fully saturated rings. The second-order valence-corrected chi connectivity index (χ2v) is 21.6. The van der Waals surface area contributed by atoms with Crippen LogP contribution in [-0.4, -0.2) is 95.4 Å². The summed E-state index contributed by atoms with van der Waals surface area (Å²) in [5, 5.41) is 45.1. The van der Waals surface area contributed by atoms with Crippen molar-refractivity contribution in [3.63, 3.8) is 0 Å². The Labute approximate surface area is 418 Å². The van der Waals surface area contributed by atoms with E-state index in [1.807, 2.05) is 0 Å². The van der Waals surface area contributed by atoms with Crippen LogP contribution in [0.2, 0.25) is 0 Å². The van der Waals surface area contributed by atoms with Crippen LogP contribution in [0, 0.1) is 0 Å². The van der Waals surface area contributed by atoms with Gasteiger partial charge in [-0.15, -0.1) is 0 Å². The van der Waals surface area contributed by atoms with E-state index in [0.29, 0.717) is 12.8 Å². The van der Waals surface area contributed by atoms with Gasteiger partial charge in [0.25, 0.3) is 0 Å². The van der Waals surface area contributed by atoms with E-state index in [-0.39, 0.29) is 12.5 Å². The number of aliphatic hydroxyl groups excluding tert-OH is 4. The number of hydrogen-bond acceptors (Lipinski definition) is 10. The van der Waals surface area contributed by atoms with Crippen LogP contribution in [0.25, 0.3) is 0 Å². The highest BCUT2D eigenvalue weighted by Gasteiger charge is 2.48. The standard InChI is InChI=1S/C55H109NO11S/c1-3-5-7-9-11-13-15-17-19-21-23-25-26-28-30-32-34-36-38-40-42-44-49(58)48(47-65-55-53(61)54(67-68(62,63)64)52(60)50(46-57)66-55)56-51(59)45-43-41-39-37-35-33-31-29-27-24-22-20-18-16-14-12-10-8-6-4-2/h48-50,52-55,57-58,60-61H,3-47H2,1-2H3,(H,56,59)(H,62,63,64). The van der Waals surface area contributed by atoms with Gasteiger partial charge in [-0.1, -0.05) is 271 Å². The third kappa shape index (κ3) is 37.8. The third-order valence-corrected chi connectivity index (χ3v) is 14.6. The molecule has 406 valence electrons. The number of carbonyl (C=O) groups is 1. The first-order valence-electron chi connectivity index (χ1n) is 28.9. The number of rotatable bonds is 51. The number of aliphatic hydroxyl groups is 4. The molecule has 1 amide bonds. The number of unbranched alkanes of at least 4 members (excludes halogenated alkanes) is 39. The molecule has 12 nitrogen and oxygen atoms in total. The quantitative estimate of drug-likeness (QED) is 0.0251. The molecule has 1 rings (SSSR count). The highest BCUT2D eigenvalue weighted by atomic mass is 32.3. The number of hydrogen-bond donors (Lipinski definition) is 6. The predicted molar refractivity (Wildman–Crippen MR) is 278 cm³/mol. The maximum absolute atomic E-state index is 13.1. The van der Waals surface area contributed by atoms with Gasteiger partial charge in [0, 0.05) is 6.42 Å². The maximum atomic E-state index is 13.1. The monoisotopic (exact) mass is 992 g/mol. The molecule has 1 saturated heterocycles. The largest absolute Gasteiger partial charge is 0.397 e. The van der Waals surface area contributed by atoms with Gasteiger partial charge >= 0.3 is 10.4 Å². The van der Waals surface area contributed by atoms with Crippen molar-refractivity contribution >= 4 is 16.3 Å². The van der Waals surface area contributed by atoms with Gasteiger partial charge in [-0.3, -0.25) is 9.35 Å². The predicted octanol–water partition coefficient (Wildman–Crippen LogP) is 13.3. The van der Waals surface area contributed by atoms with Crippen molar-refractivity contribution in [2.75, 3.05) is 13.2 Å². The lowest BCUT2D eigenvalue weighted by molar-refractivity contribution is -0.298. The average molecular weight is 993 g/mol. The summed E-state index contributed by atoms with van der Waals surface area (Å²) in [5.41, 5.74) is 0. The minimum atomic E-state index is -5.08. The fourth-order valence-electron chi connectivity index (χ4n) is 9.70. The smallest absolute Gasteiger partial charge is 0.394 e. The summed E-state index contributed by atoms with van der Waals surface area (Å²) >= 11 is 0. The molecule has 7 unspecified atom stereocenters. The van der Waals surface area contributed by atoms with Gasteiger partial charge in [0.15, 0.2) is 6.29 Å². The summed E-state index contributed by atoms with van der Waals surface area (Å²) in [6.07, 6.45) is 43.9. The topological polar surface area (TPSA) is 192 Å². The Morgan fingerprint density at radius 2 is 0.853 bits per heavy atom. The van der Waals surface area contributed by atoms with Gasteiger partial charge in [0.1, 0.15) is 24.4 Å². The fourth-order valence-corrected chi connectivity index (χ4v) is 10.2. The molecule has 1 aliphatic rings. The Morgan fingerprint density at radius 3 is 1.18 bits per heavy atom. The Bertz CT molecular complexity index is 1210. The van der Waals surface area contributed by atoms with Crippen LogP contribution in [0.5, 0.6) is 0 Å². The second-order valence-electron chi connectivity index (χ2n) is 20.6. The lowest BCUT2D eigenvalue weighted by Crippen LogP contribution is -2.61. The van der Waals surface area contributed by atoms with E-state index in [1.54, 1.807) is 0 Å². The molecule has 13 heteroatoms. The van der Waals surface area contributed by atoms with Crippen molar-refractivity contribution in [3.8, 4) is 0 Å². The van der Waals surface area contributed by atoms with Gasteiger partial charge in [-0.2, -0.15) is 8.42 Å². The number of amides is 1. The molecular weight excluding hydrogens is 883 g/mol. The van der Waals surface area contributed by atoms with E-state index < -0.39 is 59.9 Å². The highest BCUT2D eigenvalue weighted by molar-refractivity contribution is 7.80. The molecule has 0 aliphatic carbocycles. The first-order chi connectivity index (χ1) is 33.0. The average Bonchev–Trinajstić information content (AvgIpc) is 3.31. The van der Waals surface area contributed by atoms with E-state index in [9.17, 15) is 38.2 Å². The van der Waals surface area contributed by atoms with Crippen LogP contribution in [0.1, 0.15) is 290 Å². The molecule has 0 bridgehead atoms. The Balaban J connectivity index is 2.35. The van der Waals surface area contributed by atoms with Gasteiger partial charge in [-0.25, -0.2) is 4.18 Å². The van der Waals surface area contributed by atoms with Crippen LogP contribution >= 0.6 is 0 Å². The summed E-state index contributed by atoms with van der Waals surface area (Å²) in [6.45, 7) is 3.51. The van der Waals surface area contributed by atoms with Gasteiger partial charge in [0.05, 0.1) is 25.4 Å². The lowest BCUT2D eigenvalue weighted by atomic mass is 9.99. The SMILES string of the molecule is CCCCCCCCCCCCCCCCCCCCCCCC(O)C(COC1OC(CO)C(O)C(OS(=O)(=O)O)C1O)NC(=O)CCCCCCCCCCCCCCCCCCCCCC. The molecule has 0 aromatic heterocycles. The summed E-state index contributed by atoms with van der Waals surface area (Å²) in [7, 11) is -5.08. The number of ether oxygens (including phenoxy) is 2. The van der Waals surface area contributed by atoms with Crippen molar-refractivity contribution in [3.05, 3.63) is 0 Å². The molecular formula is C55H109NO11S. The lowest BCUT2D eigenvalue weighted by Gasteiger charge is -2.41. The Hall–Kier alpha value is -0.900. The minimum absolute atomic E-state index is 0.222. The molecule has 0 radical (unpaired) electrons. The molecule has 7 atom stereocenters. The Morgan fingerprint density at radius 1 is 0.529 bits per heavy atom. The fraction of sp³-hybridized carbons (Fsp3) is 0.982. The Kier molecular flexibility index (Phi) is 44.0. The molecule has 6 N–H and O–H groups in total. The molecule has 0 aromatic carbocycles. The van der Waals surface area contributed by atoms with Crippen molar-refractivity contribution < 1.29 is 51.8 Å². The first kappa shape index (κ1) is 65.1. The molecule has 0 spiro atoms. The maximum Gasteiger partial charge on any atom is 0.397 e. The van der Waals surface area contributed by atoms with Crippen LogP contribution in [0.15, 0.2) is 0 Å². The molecule has 0 aromatic rings. The van der Waals surface area contributed by atoms with Gasteiger partial charge in [-0.05, 0) is 12.8 Å². The summed E-state index contributed by atoms with van der Waals surface area (Å²) in [4.78, 5) is 13.1. The normalized spacial score (nSPS) is 19.7. The van der Waals surface area contributed by atoms with E-state index in [4.69, 9.17) is 9.47 Å². The van der Waals surface area contributed by atoms with E-state index in [1.165, 1.54) is 212 Å². The molecule has 68 heavy (non-hydrogen) atoms. The zero-order chi connectivity index (χ0) is 49.8. The minimum Gasteiger partial charge on any atom is -0.394 e. The van der Waals surface area contributed by atoms with Crippen LogP contribution < -0.4 is 5.32 Å². The third-order valence-electron chi connectivity index (χ3n) is 14.2. The molecule has 1 aliphatic heterocycles. The van der Waals surface area contributed by atoms with Crippen molar-refractivity contribution in [1.29, 1.82) is 0 Å². The van der Waals surface area contributed by atoms with Crippen molar-refractivity contribution in [1.82, 2.24) is 5.32 Å². The summed E-state index contributed by atoms with van der Waals surface area (Å²) in [5.74, 6) is -0.222. The first-order valence-corrected chi connectivity index (χ1v) is 30.3. The number of carbonyl (C=O) groups excluding carboxylic acids is 1. The molecule has 1 heterocycles. The zero-order valence-corrected chi connectivity index (χ0v) is 44.8. The van der Waals surface area contributed by atoms with Crippen LogP contribution in [0.4, 0.5) is 0 Å². The second kappa shape index (κ2) is 45.9. The van der Waals surface area contributed by atoms with Crippen molar-refractivity contribution in [2.45, 2.75) is 333 Å². The van der Waals surface area contributed by atoms with Crippen LogP contribution in [-0.2, 0) is 28.9 Å². The van der Waals surface area contributed by atoms with E-state index in [2.05, 4.69) is 23.3 Å². The highest BCUT2D eigenvalue weighted by Crippen LogP contribution is 2.26.